The zero-order chi connectivity index (χ0) is 15.0. The monoisotopic (exact) mass is 299 g/mol. The van der Waals surface area contributed by atoms with Crippen molar-refractivity contribution in [1.29, 1.82) is 0 Å². The van der Waals surface area contributed by atoms with E-state index in [1.165, 1.54) is 0 Å². The molecule has 0 radical (unpaired) electrons. The van der Waals surface area contributed by atoms with Crippen LogP contribution in [0, 0.1) is 5.92 Å². The van der Waals surface area contributed by atoms with Crippen molar-refractivity contribution in [3.05, 3.63) is 17.5 Å². The molecule has 1 amide bonds. The van der Waals surface area contributed by atoms with Gasteiger partial charge in [-0.05, 0) is 18.8 Å². The maximum absolute atomic E-state index is 12.4. The van der Waals surface area contributed by atoms with Gasteiger partial charge in [-0.3, -0.25) is 9.69 Å². The van der Waals surface area contributed by atoms with Gasteiger partial charge in [0.1, 0.15) is 5.76 Å². The molecule has 3 rings (SSSR count). The molecule has 0 spiro atoms. The van der Waals surface area contributed by atoms with Crippen molar-refractivity contribution >= 4 is 5.91 Å². The molecule has 1 aromatic heterocycles. The Kier molecular flexibility index (Phi) is 3.93. The van der Waals surface area contributed by atoms with E-state index in [-0.39, 0.29) is 30.1 Å². The molecular weight excluding hydrogens is 280 g/mol. The lowest BCUT2D eigenvalue weighted by Gasteiger charge is -2.16. The summed E-state index contributed by atoms with van der Waals surface area (Å²) in [6.07, 6.45) is -0.180. The first kappa shape index (κ1) is 14.4. The Morgan fingerprint density at radius 3 is 2.95 bits per heavy atom. The van der Waals surface area contributed by atoms with Crippen LogP contribution in [0.2, 0.25) is 0 Å². The minimum absolute atomic E-state index is 0.127. The fourth-order valence-corrected chi connectivity index (χ4v) is 2.80. The van der Waals surface area contributed by atoms with Gasteiger partial charge in [0.25, 0.3) is 12.3 Å². The van der Waals surface area contributed by atoms with E-state index in [0.717, 1.165) is 18.6 Å². The molecule has 0 aromatic carbocycles. The van der Waals surface area contributed by atoms with Crippen LogP contribution in [0.1, 0.15) is 41.9 Å². The largest absolute Gasteiger partial charge is 0.360 e. The van der Waals surface area contributed by atoms with E-state index in [4.69, 9.17) is 4.52 Å². The van der Waals surface area contributed by atoms with Crippen LogP contribution in [0.25, 0.3) is 0 Å². The molecule has 0 bridgehead atoms. The quantitative estimate of drug-likeness (QED) is 0.901. The summed E-state index contributed by atoms with van der Waals surface area (Å²) in [4.78, 5) is 13.8. The fourth-order valence-electron chi connectivity index (χ4n) is 2.80. The Bertz CT molecular complexity index is 516. The van der Waals surface area contributed by atoms with E-state index < -0.39 is 6.43 Å². The topological polar surface area (TPSA) is 58.4 Å². The summed E-state index contributed by atoms with van der Waals surface area (Å²) in [6.45, 7) is 2.73. The Hall–Kier alpha value is -1.50. The van der Waals surface area contributed by atoms with Crippen molar-refractivity contribution in [3.63, 3.8) is 0 Å². The molecule has 1 saturated carbocycles. The average Bonchev–Trinajstić information content (AvgIpc) is 3.04. The second kappa shape index (κ2) is 5.71. The van der Waals surface area contributed by atoms with Crippen molar-refractivity contribution in [2.24, 2.45) is 5.92 Å². The Morgan fingerprint density at radius 2 is 2.29 bits per heavy atom. The SMILES string of the molecule is C[C@@H]1CN(CC(F)F)C[C@@H]1NC(=O)c1cc(C2CC2)on1. The summed E-state index contributed by atoms with van der Waals surface area (Å²) in [5.41, 5.74) is 0.274. The molecule has 2 atom stereocenters. The Morgan fingerprint density at radius 1 is 1.52 bits per heavy atom. The van der Waals surface area contributed by atoms with Gasteiger partial charge >= 0.3 is 0 Å². The molecule has 1 saturated heterocycles. The molecule has 1 aliphatic heterocycles. The fraction of sp³-hybridized carbons (Fsp3) is 0.714. The number of nitrogens with zero attached hydrogens (tertiary/aromatic N) is 2. The van der Waals surface area contributed by atoms with E-state index in [1.807, 2.05) is 6.92 Å². The average molecular weight is 299 g/mol. The number of rotatable bonds is 5. The highest BCUT2D eigenvalue weighted by Gasteiger charge is 2.33. The number of likely N-dealkylation sites (tertiary alicyclic amines) is 1. The Balaban J connectivity index is 1.56. The predicted octanol–water partition coefficient (Wildman–Crippen LogP) is 1.87. The van der Waals surface area contributed by atoms with Crippen LogP contribution < -0.4 is 5.32 Å². The maximum atomic E-state index is 12.4. The molecule has 7 heteroatoms. The van der Waals surface area contributed by atoms with E-state index in [9.17, 15) is 13.6 Å². The third-order valence-corrected chi connectivity index (χ3v) is 4.14. The van der Waals surface area contributed by atoms with E-state index in [1.54, 1.807) is 11.0 Å². The van der Waals surface area contributed by atoms with Crippen molar-refractivity contribution in [3.8, 4) is 0 Å². The van der Waals surface area contributed by atoms with Gasteiger partial charge in [-0.15, -0.1) is 0 Å². The molecule has 5 nitrogen and oxygen atoms in total. The molecule has 0 unspecified atom stereocenters. The molecule has 1 N–H and O–H groups in total. The highest BCUT2D eigenvalue weighted by atomic mass is 19.3. The van der Waals surface area contributed by atoms with Crippen LogP contribution in [0.3, 0.4) is 0 Å². The third kappa shape index (κ3) is 3.40. The van der Waals surface area contributed by atoms with Crippen LogP contribution >= 0.6 is 0 Å². The van der Waals surface area contributed by atoms with Gasteiger partial charge in [-0.1, -0.05) is 12.1 Å². The van der Waals surface area contributed by atoms with Crippen molar-refractivity contribution in [2.75, 3.05) is 19.6 Å². The molecule has 2 fully saturated rings. The molecule has 116 valence electrons. The number of nitrogens with one attached hydrogen (secondary N) is 1. The van der Waals surface area contributed by atoms with Crippen molar-refractivity contribution in [1.82, 2.24) is 15.4 Å². The van der Waals surface area contributed by atoms with Gasteiger partial charge in [-0.25, -0.2) is 8.78 Å². The van der Waals surface area contributed by atoms with Crippen molar-refractivity contribution in [2.45, 2.75) is 38.2 Å². The first-order valence-corrected chi connectivity index (χ1v) is 7.31. The zero-order valence-corrected chi connectivity index (χ0v) is 11.9. The lowest BCUT2D eigenvalue weighted by molar-refractivity contribution is 0.0910. The van der Waals surface area contributed by atoms with Gasteiger partial charge < -0.3 is 9.84 Å². The molecule has 1 aromatic rings. The molecule has 2 heterocycles. The summed E-state index contributed by atoms with van der Waals surface area (Å²) in [6, 6.07) is 1.56. The minimum atomic E-state index is -2.34. The molecule has 21 heavy (non-hydrogen) atoms. The first-order chi connectivity index (χ1) is 10.0. The number of aromatic nitrogens is 1. The van der Waals surface area contributed by atoms with Crippen LogP contribution in [0.15, 0.2) is 10.6 Å². The normalized spacial score (nSPS) is 26.5. The highest BCUT2D eigenvalue weighted by Crippen LogP contribution is 2.40. The van der Waals surface area contributed by atoms with Gasteiger partial charge in [0.15, 0.2) is 5.69 Å². The standard InChI is InChI=1S/C14H19F2N3O2/c1-8-5-19(7-13(15)16)6-11(8)17-14(20)10-4-12(21-18-10)9-2-3-9/h4,8-9,11,13H,2-3,5-7H2,1H3,(H,17,20)/t8-,11+/m1/s1. The lowest BCUT2D eigenvalue weighted by Crippen LogP contribution is -2.40. The molecule has 1 aliphatic carbocycles. The first-order valence-electron chi connectivity index (χ1n) is 7.31. The molecular formula is C14H19F2N3O2. The van der Waals surface area contributed by atoms with Crippen LogP contribution in [-0.2, 0) is 0 Å². The minimum Gasteiger partial charge on any atom is -0.360 e. The number of hydrogen-bond donors (Lipinski definition) is 1. The molecule has 2 aliphatic rings. The third-order valence-electron chi connectivity index (χ3n) is 4.14. The lowest BCUT2D eigenvalue weighted by atomic mass is 10.1. The van der Waals surface area contributed by atoms with Crippen LogP contribution in [0.5, 0.6) is 0 Å². The number of carbonyl (C=O) groups is 1. The number of amides is 1. The number of alkyl halides is 2. The number of hydrogen-bond acceptors (Lipinski definition) is 4. The van der Waals surface area contributed by atoms with Crippen molar-refractivity contribution < 1.29 is 18.1 Å². The van der Waals surface area contributed by atoms with Gasteiger partial charge in [0.2, 0.25) is 0 Å². The second-order valence-corrected chi connectivity index (χ2v) is 6.06. The Labute approximate surface area is 121 Å². The van der Waals surface area contributed by atoms with E-state index in [2.05, 4.69) is 10.5 Å². The number of halogens is 2. The smallest absolute Gasteiger partial charge is 0.273 e. The van der Waals surface area contributed by atoms with Gasteiger partial charge in [0.05, 0.1) is 6.54 Å². The summed E-state index contributed by atoms with van der Waals surface area (Å²) >= 11 is 0. The van der Waals surface area contributed by atoms with Crippen LogP contribution in [0.4, 0.5) is 8.78 Å². The summed E-state index contributed by atoms with van der Waals surface area (Å²) in [5, 5.41) is 6.66. The summed E-state index contributed by atoms with van der Waals surface area (Å²) < 4.78 is 30.0. The highest BCUT2D eigenvalue weighted by molar-refractivity contribution is 5.92. The predicted molar refractivity (Wildman–Crippen MR) is 71.3 cm³/mol. The second-order valence-electron chi connectivity index (χ2n) is 6.06. The number of carbonyl (C=O) groups excluding carboxylic acids is 1. The zero-order valence-electron chi connectivity index (χ0n) is 11.9. The maximum Gasteiger partial charge on any atom is 0.273 e. The van der Waals surface area contributed by atoms with Gasteiger partial charge in [-0.2, -0.15) is 0 Å². The van der Waals surface area contributed by atoms with Crippen LogP contribution in [-0.4, -0.2) is 48.1 Å². The van der Waals surface area contributed by atoms with Gasteiger partial charge in [0, 0.05) is 31.1 Å². The summed E-state index contributed by atoms with van der Waals surface area (Å²) in [7, 11) is 0. The van der Waals surface area contributed by atoms with E-state index in [0.29, 0.717) is 19.0 Å². The summed E-state index contributed by atoms with van der Waals surface area (Å²) in [5.74, 6) is 1.02. The van der Waals surface area contributed by atoms with E-state index >= 15 is 0 Å².